The lowest BCUT2D eigenvalue weighted by molar-refractivity contribution is 0.661. The fourth-order valence-electron chi connectivity index (χ4n) is 13.6. The van der Waals surface area contributed by atoms with Gasteiger partial charge in [0.2, 0.25) is 0 Å². The molecule has 2 aromatic heterocycles. The van der Waals surface area contributed by atoms with Crippen LogP contribution in [0, 0.1) is 0 Å². The van der Waals surface area contributed by atoms with Crippen molar-refractivity contribution in [3.8, 4) is 135 Å². The van der Waals surface area contributed by atoms with E-state index in [2.05, 4.69) is 294 Å². The molecule has 0 spiro atoms. The van der Waals surface area contributed by atoms with Crippen LogP contribution in [0.4, 0.5) is 0 Å². The Labute approximate surface area is 518 Å². The zero-order valence-corrected chi connectivity index (χ0v) is 49.5. The molecule has 14 aromatic rings. The first-order chi connectivity index (χ1) is 43.7. The van der Waals surface area contributed by atoms with Crippen molar-refractivity contribution < 1.29 is 0 Å². The van der Waals surface area contributed by atoms with Crippen molar-refractivity contribution in [3.05, 3.63) is 325 Å². The number of nitrogens with zero attached hydrogens (tertiary/aromatic N) is 6. The summed E-state index contributed by atoms with van der Waals surface area (Å²) in [5.74, 6) is 3.62. The maximum absolute atomic E-state index is 5.39. The molecule has 0 N–H and O–H groups in total. The summed E-state index contributed by atoms with van der Waals surface area (Å²) >= 11 is 0. The summed E-state index contributed by atoms with van der Waals surface area (Å²) in [6.45, 7) is 7.00. The van der Waals surface area contributed by atoms with Gasteiger partial charge in [-0.2, -0.15) is 0 Å². The number of aromatic nitrogens is 6. The summed E-state index contributed by atoms with van der Waals surface area (Å²) in [6.07, 6.45) is 0. The normalized spacial score (nSPS) is 14.1. The Hall–Kier alpha value is -11.3. The molecule has 2 heterocycles. The van der Waals surface area contributed by atoms with Crippen LogP contribution in [-0.4, -0.2) is 29.9 Å². The molecule has 0 saturated heterocycles. The molecular weight excluding hydrogens is 1080 g/mol. The van der Waals surface area contributed by atoms with Gasteiger partial charge in [0.1, 0.15) is 0 Å². The summed E-state index contributed by atoms with van der Waals surface area (Å²) in [7, 11) is 0. The zero-order valence-electron chi connectivity index (χ0n) is 49.5. The summed E-state index contributed by atoms with van der Waals surface area (Å²) in [5, 5.41) is 0. The predicted molar refractivity (Wildman–Crippen MR) is 363 cm³/mol. The summed E-state index contributed by atoms with van der Waals surface area (Å²) in [6, 6.07) is 105. The van der Waals surface area contributed by atoms with Gasteiger partial charge in [-0.25, -0.2) is 29.9 Å². The second-order valence-corrected chi connectivity index (χ2v) is 23.9. The molecule has 2 aliphatic rings. The van der Waals surface area contributed by atoms with Gasteiger partial charge in [-0.05, 0) is 132 Å². The van der Waals surface area contributed by atoms with Crippen LogP contribution in [0.25, 0.3) is 135 Å². The van der Waals surface area contributed by atoms with Gasteiger partial charge in [-0.15, -0.1) is 0 Å². The van der Waals surface area contributed by atoms with E-state index in [1.165, 1.54) is 61.2 Å². The van der Waals surface area contributed by atoms with E-state index in [1.807, 2.05) is 24.3 Å². The lowest BCUT2D eigenvalue weighted by Crippen LogP contribution is -2.22. The van der Waals surface area contributed by atoms with Crippen molar-refractivity contribution in [1.82, 2.24) is 29.9 Å². The fraction of sp³-hybridized carbons (Fsp3) is 0.0602. The van der Waals surface area contributed by atoms with Crippen LogP contribution in [0.5, 0.6) is 0 Å². The number of hydrogen-bond acceptors (Lipinski definition) is 6. The molecule has 0 bridgehead atoms. The Kier molecular flexibility index (Phi) is 12.9. The molecule has 0 fully saturated rings. The maximum atomic E-state index is 5.39. The Morgan fingerprint density at radius 2 is 0.517 bits per heavy atom. The van der Waals surface area contributed by atoms with Crippen LogP contribution < -0.4 is 0 Å². The van der Waals surface area contributed by atoms with Crippen LogP contribution in [0.2, 0.25) is 0 Å². The second kappa shape index (κ2) is 21.6. The lowest BCUT2D eigenvalue weighted by Gasteiger charge is -2.28. The molecule has 16 rings (SSSR count). The standard InChI is InChI=1S/C83H58N6/c1-82(2)74-51-60(53-23-9-4-10-24-53)41-45-66(74)67-46-43-62(52-75(67)82)79-84-76(57-29-15-7-16-30-57)86-81(89-79)69-47-42-59(49-70(69)56-27-13-6-14-28-56)54-37-39-58(40-38-54)77-85-78(88-80(87-77)68-35-20-19-33-64(68)55-25-11-5-12-26-55)61-44-48-73-71(50-61)65-34-21-22-36-72(65)83(73,3)63-31-17-8-18-32-63/h4-52H,1-3H3. The predicted octanol–water partition coefficient (Wildman–Crippen LogP) is 20.4. The first-order valence-electron chi connectivity index (χ1n) is 30.4. The van der Waals surface area contributed by atoms with E-state index in [-0.39, 0.29) is 10.8 Å². The molecule has 0 amide bonds. The molecule has 2 aliphatic carbocycles. The maximum Gasteiger partial charge on any atom is 0.164 e. The van der Waals surface area contributed by atoms with Crippen LogP contribution in [0.1, 0.15) is 48.6 Å². The van der Waals surface area contributed by atoms with Crippen LogP contribution >= 0.6 is 0 Å². The van der Waals surface area contributed by atoms with Crippen LogP contribution in [0.3, 0.4) is 0 Å². The van der Waals surface area contributed by atoms with Crippen molar-refractivity contribution in [1.29, 1.82) is 0 Å². The molecule has 89 heavy (non-hydrogen) atoms. The first kappa shape index (κ1) is 53.2. The van der Waals surface area contributed by atoms with E-state index in [9.17, 15) is 0 Å². The molecule has 6 heteroatoms. The quantitative estimate of drug-likeness (QED) is 0.128. The smallest absolute Gasteiger partial charge is 0.164 e. The monoisotopic (exact) mass is 1140 g/mol. The first-order valence-corrected chi connectivity index (χ1v) is 30.4. The van der Waals surface area contributed by atoms with Crippen molar-refractivity contribution in [2.75, 3.05) is 0 Å². The van der Waals surface area contributed by atoms with E-state index < -0.39 is 0 Å². The third kappa shape index (κ3) is 9.27. The largest absolute Gasteiger partial charge is 0.208 e. The van der Waals surface area contributed by atoms with Gasteiger partial charge in [0.15, 0.2) is 34.9 Å². The second-order valence-electron chi connectivity index (χ2n) is 23.9. The van der Waals surface area contributed by atoms with E-state index in [4.69, 9.17) is 29.9 Å². The SMILES string of the molecule is CC1(C)c2cc(-c3ccccc3)ccc2-c2ccc(-c3nc(-c4ccccc4)nc(-c4ccc(-c5ccc(-c6nc(-c7ccc8c(c7)-c7ccccc7C8(C)c7ccccc7)nc(-c7ccccc7-c7ccccc7)n6)cc5)cc4-c4ccccc4)n3)cc21. The van der Waals surface area contributed by atoms with Gasteiger partial charge in [0.25, 0.3) is 0 Å². The third-order valence-corrected chi connectivity index (χ3v) is 18.3. The third-order valence-electron chi connectivity index (χ3n) is 18.3. The van der Waals surface area contributed by atoms with Gasteiger partial charge in [-0.3, -0.25) is 0 Å². The lowest BCUT2D eigenvalue weighted by atomic mass is 9.74. The van der Waals surface area contributed by atoms with Crippen molar-refractivity contribution in [3.63, 3.8) is 0 Å². The van der Waals surface area contributed by atoms with Crippen LogP contribution in [-0.2, 0) is 10.8 Å². The molecule has 0 radical (unpaired) electrons. The highest BCUT2D eigenvalue weighted by Gasteiger charge is 2.41. The minimum absolute atomic E-state index is 0.257. The molecule has 0 aliphatic heterocycles. The molecule has 12 aromatic carbocycles. The number of hydrogen-bond donors (Lipinski definition) is 0. The Bertz CT molecular complexity index is 5030. The summed E-state index contributed by atoms with van der Waals surface area (Å²) in [4.78, 5) is 31.9. The number of rotatable bonds is 11. The highest BCUT2D eigenvalue weighted by molar-refractivity contribution is 5.90. The average Bonchev–Trinajstić information content (AvgIpc) is 1.62. The number of benzene rings is 12. The van der Waals surface area contributed by atoms with E-state index in [0.717, 1.165) is 66.8 Å². The van der Waals surface area contributed by atoms with E-state index in [1.54, 1.807) is 0 Å². The van der Waals surface area contributed by atoms with Gasteiger partial charge in [0, 0.05) is 44.2 Å². The zero-order chi connectivity index (χ0) is 59.6. The van der Waals surface area contributed by atoms with Gasteiger partial charge < -0.3 is 0 Å². The van der Waals surface area contributed by atoms with Crippen LogP contribution in [0.15, 0.2) is 297 Å². The Morgan fingerprint density at radius 3 is 1.11 bits per heavy atom. The Morgan fingerprint density at radius 1 is 0.191 bits per heavy atom. The van der Waals surface area contributed by atoms with Crippen molar-refractivity contribution in [2.24, 2.45) is 0 Å². The van der Waals surface area contributed by atoms with Gasteiger partial charge in [0.05, 0.1) is 0 Å². The Balaban J connectivity index is 0.787. The highest BCUT2D eigenvalue weighted by Crippen LogP contribution is 2.54. The highest BCUT2D eigenvalue weighted by atomic mass is 15.0. The minimum Gasteiger partial charge on any atom is -0.208 e. The molecule has 1 unspecified atom stereocenters. The molecule has 420 valence electrons. The molecular formula is C83H58N6. The van der Waals surface area contributed by atoms with Gasteiger partial charge in [-0.1, -0.05) is 281 Å². The summed E-state index contributed by atoms with van der Waals surface area (Å²) in [5.41, 5.74) is 24.9. The van der Waals surface area contributed by atoms with Gasteiger partial charge >= 0.3 is 0 Å². The molecule has 1 atom stereocenters. The summed E-state index contributed by atoms with van der Waals surface area (Å²) < 4.78 is 0. The average molecular weight is 1140 g/mol. The molecule has 0 saturated carbocycles. The number of fused-ring (bicyclic) bond motifs is 6. The van der Waals surface area contributed by atoms with E-state index >= 15 is 0 Å². The topological polar surface area (TPSA) is 77.3 Å². The van der Waals surface area contributed by atoms with Crippen molar-refractivity contribution >= 4 is 0 Å². The molecule has 6 nitrogen and oxygen atoms in total. The van der Waals surface area contributed by atoms with E-state index in [0.29, 0.717) is 34.9 Å². The fourth-order valence-corrected chi connectivity index (χ4v) is 13.6. The minimum atomic E-state index is -0.327. The van der Waals surface area contributed by atoms with Crippen molar-refractivity contribution in [2.45, 2.75) is 31.6 Å².